The third kappa shape index (κ3) is 4.76. The molecular formula is C14H28N4O2. The summed E-state index contributed by atoms with van der Waals surface area (Å²) in [4.78, 5) is 29.6. The van der Waals surface area contributed by atoms with Crippen molar-refractivity contribution in [2.24, 2.45) is 11.7 Å². The van der Waals surface area contributed by atoms with Crippen LogP contribution in [-0.2, 0) is 9.59 Å². The second kappa shape index (κ2) is 8.21. The molecule has 2 N–H and O–H groups in total. The molecule has 1 aliphatic heterocycles. The summed E-state index contributed by atoms with van der Waals surface area (Å²) in [6.45, 7) is 5.83. The van der Waals surface area contributed by atoms with Crippen LogP contribution in [0.2, 0.25) is 0 Å². The summed E-state index contributed by atoms with van der Waals surface area (Å²) in [5.74, 6) is 0.235. The number of carbonyl (C=O) groups excluding carboxylic acids is 2. The van der Waals surface area contributed by atoms with E-state index < -0.39 is 0 Å². The number of hydrogen-bond acceptors (Lipinski definition) is 4. The summed E-state index contributed by atoms with van der Waals surface area (Å²) in [6, 6.07) is 0. The lowest BCUT2D eigenvalue weighted by molar-refractivity contribution is -0.137. The zero-order chi connectivity index (χ0) is 15.1. The zero-order valence-electron chi connectivity index (χ0n) is 13.0. The summed E-state index contributed by atoms with van der Waals surface area (Å²) < 4.78 is 0. The Bertz CT molecular complexity index is 325. The molecule has 6 heteroatoms. The average molecular weight is 284 g/mol. The predicted molar refractivity (Wildman–Crippen MR) is 79.2 cm³/mol. The normalized spacial score (nSPS) is 17.9. The van der Waals surface area contributed by atoms with Gasteiger partial charge in [-0.05, 0) is 6.42 Å². The van der Waals surface area contributed by atoms with Crippen molar-refractivity contribution in [2.45, 2.75) is 19.8 Å². The lowest BCUT2D eigenvalue weighted by Crippen LogP contribution is -2.52. The predicted octanol–water partition coefficient (Wildman–Crippen LogP) is -0.406. The molecule has 20 heavy (non-hydrogen) atoms. The Hall–Kier alpha value is -1.14. The summed E-state index contributed by atoms with van der Waals surface area (Å²) >= 11 is 0. The summed E-state index contributed by atoms with van der Waals surface area (Å²) in [6.07, 6.45) is 1.83. The molecule has 0 aromatic carbocycles. The number of hydrogen-bond donors (Lipinski definition) is 1. The molecule has 1 unspecified atom stereocenters. The third-order valence-corrected chi connectivity index (χ3v) is 3.81. The highest BCUT2D eigenvalue weighted by Gasteiger charge is 2.26. The largest absolute Gasteiger partial charge is 0.348 e. The van der Waals surface area contributed by atoms with Gasteiger partial charge in [0, 0.05) is 46.8 Å². The molecule has 0 saturated carbocycles. The van der Waals surface area contributed by atoms with Crippen LogP contribution in [0.1, 0.15) is 19.8 Å². The smallest absolute Gasteiger partial charge is 0.236 e. The van der Waals surface area contributed by atoms with Gasteiger partial charge in [-0.15, -0.1) is 0 Å². The minimum atomic E-state index is -0.0463. The van der Waals surface area contributed by atoms with E-state index in [9.17, 15) is 9.59 Å². The van der Waals surface area contributed by atoms with Crippen molar-refractivity contribution in [3.8, 4) is 0 Å². The van der Waals surface area contributed by atoms with Gasteiger partial charge in [-0.2, -0.15) is 0 Å². The van der Waals surface area contributed by atoms with Gasteiger partial charge >= 0.3 is 0 Å². The molecule has 0 radical (unpaired) electrons. The van der Waals surface area contributed by atoms with Crippen molar-refractivity contribution in [1.82, 2.24) is 14.7 Å². The van der Waals surface area contributed by atoms with E-state index in [1.807, 2.05) is 4.90 Å². The summed E-state index contributed by atoms with van der Waals surface area (Å²) in [7, 11) is 3.53. The molecule has 1 heterocycles. The van der Waals surface area contributed by atoms with Crippen LogP contribution >= 0.6 is 0 Å². The van der Waals surface area contributed by atoms with Gasteiger partial charge in [0.25, 0.3) is 0 Å². The highest BCUT2D eigenvalue weighted by molar-refractivity contribution is 5.79. The van der Waals surface area contributed by atoms with Gasteiger partial charge in [-0.1, -0.05) is 13.3 Å². The maximum atomic E-state index is 12.3. The van der Waals surface area contributed by atoms with Crippen LogP contribution in [0.5, 0.6) is 0 Å². The summed E-state index contributed by atoms with van der Waals surface area (Å²) in [5, 5.41) is 0. The van der Waals surface area contributed by atoms with Crippen molar-refractivity contribution < 1.29 is 9.59 Å². The monoisotopic (exact) mass is 284 g/mol. The van der Waals surface area contributed by atoms with E-state index in [4.69, 9.17) is 5.73 Å². The van der Waals surface area contributed by atoms with Crippen LogP contribution in [0.25, 0.3) is 0 Å². The van der Waals surface area contributed by atoms with Crippen LogP contribution in [-0.4, -0.2) is 79.9 Å². The van der Waals surface area contributed by atoms with E-state index in [2.05, 4.69) is 11.8 Å². The Morgan fingerprint density at radius 3 is 2.25 bits per heavy atom. The minimum Gasteiger partial charge on any atom is -0.348 e. The maximum Gasteiger partial charge on any atom is 0.236 e. The average Bonchev–Trinajstić information content (AvgIpc) is 2.44. The fourth-order valence-corrected chi connectivity index (χ4v) is 2.41. The van der Waals surface area contributed by atoms with Crippen molar-refractivity contribution >= 4 is 11.8 Å². The number of likely N-dealkylation sites (N-methyl/N-ethyl adjacent to an activating group) is 1. The highest BCUT2D eigenvalue weighted by atomic mass is 16.2. The third-order valence-electron chi connectivity index (χ3n) is 3.81. The first kappa shape index (κ1) is 16.9. The minimum absolute atomic E-state index is 0.0463. The molecule has 116 valence electrons. The first-order valence-electron chi connectivity index (χ1n) is 7.41. The molecule has 0 aliphatic carbocycles. The first-order valence-corrected chi connectivity index (χ1v) is 7.41. The molecule has 0 spiro atoms. The molecule has 6 nitrogen and oxygen atoms in total. The van der Waals surface area contributed by atoms with E-state index in [1.54, 1.807) is 19.0 Å². The van der Waals surface area contributed by atoms with Crippen LogP contribution in [0.15, 0.2) is 0 Å². The van der Waals surface area contributed by atoms with Crippen molar-refractivity contribution in [3.63, 3.8) is 0 Å². The van der Waals surface area contributed by atoms with Crippen molar-refractivity contribution in [1.29, 1.82) is 0 Å². The fourth-order valence-electron chi connectivity index (χ4n) is 2.41. The van der Waals surface area contributed by atoms with Gasteiger partial charge in [-0.25, -0.2) is 0 Å². The highest BCUT2D eigenvalue weighted by Crippen LogP contribution is 2.12. The van der Waals surface area contributed by atoms with Crippen molar-refractivity contribution in [2.75, 3.05) is 53.4 Å². The Kier molecular flexibility index (Phi) is 6.95. The van der Waals surface area contributed by atoms with E-state index in [0.29, 0.717) is 26.2 Å². The first-order chi connectivity index (χ1) is 9.49. The molecule has 1 aliphatic rings. The Morgan fingerprint density at radius 2 is 1.80 bits per heavy atom. The van der Waals surface area contributed by atoms with Gasteiger partial charge in [0.15, 0.2) is 0 Å². The van der Waals surface area contributed by atoms with Gasteiger partial charge in [0.2, 0.25) is 11.8 Å². The SMILES string of the molecule is CCCC(CN)C(=O)N1CCN(CC(=O)N(C)C)CC1. The van der Waals surface area contributed by atoms with E-state index in [0.717, 1.165) is 25.9 Å². The van der Waals surface area contributed by atoms with Gasteiger partial charge in [0.05, 0.1) is 12.5 Å². The van der Waals surface area contributed by atoms with E-state index >= 15 is 0 Å². The zero-order valence-corrected chi connectivity index (χ0v) is 13.0. The molecule has 0 bridgehead atoms. The lowest BCUT2D eigenvalue weighted by atomic mass is 10.0. The lowest BCUT2D eigenvalue weighted by Gasteiger charge is -2.36. The molecule has 1 rings (SSSR count). The molecule has 0 aromatic rings. The Balaban J connectivity index is 2.41. The van der Waals surface area contributed by atoms with Gasteiger partial charge < -0.3 is 15.5 Å². The van der Waals surface area contributed by atoms with Gasteiger partial charge in [-0.3, -0.25) is 14.5 Å². The Labute approximate surface area is 121 Å². The molecular weight excluding hydrogens is 256 g/mol. The van der Waals surface area contributed by atoms with Crippen LogP contribution < -0.4 is 5.73 Å². The molecule has 1 saturated heterocycles. The molecule has 0 aromatic heterocycles. The number of rotatable bonds is 6. The quantitative estimate of drug-likeness (QED) is 0.720. The molecule has 1 fully saturated rings. The fraction of sp³-hybridized carbons (Fsp3) is 0.857. The van der Waals surface area contributed by atoms with Gasteiger partial charge in [0.1, 0.15) is 0 Å². The molecule has 2 amide bonds. The number of amides is 2. The van der Waals surface area contributed by atoms with Crippen molar-refractivity contribution in [3.05, 3.63) is 0 Å². The number of piperazine rings is 1. The van der Waals surface area contributed by atoms with Crippen LogP contribution in [0.4, 0.5) is 0 Å². The number of carbonyl (C=O) groups is 2. The summed E-state index contributed by atoms with van der Waals surface area (Å²) in [5.41, 5.74) is 5.68. The second-order valence-electron chi connectivity index (χ2n) is 5.61. The van der Waals surface area contributed by atoms with Crippen LogP contribution in [0, 0.1) is 5.92 Å². The van der Waals surface area contributed by atoms with E-state index in [-0.39, 0.29) is 17.7 Å². The number of nitrogens with zero attached hydrogens (tertiary/aromatic N) is 3. The molecule has 1 atom stereocenters. The Morgan fingerprint density at radius 1 is 1.20 bits per heavy atom. The van der Waals surface area contributed by atoms with E-state index in [1.165, 1.54) is 0 Å². The topological polar surface area (TPSA) is 69.9 Å². The maximum absolute atomic E-state index is 12.3. The van der Waals surface area contributed by atoms with Crippen LogP contribution in [0.3, 0.4) is 0 Å². The second-order valence-corrected chi connectivity index (χ2v) is 5.61. The number of nitrogens with two attached hydrogens (primary N) is 1. The standard InChI is InChI=1S/C14H28N4O2/c1-4-5-12(10-15)14(20)18-8-6-17(7-9-18)11-13(19)16(2)3/h12H,4-11,15H2,1-3H3.